The number of amides is 4. The van der Waals surface area contributed by atoms with Crippen molar-refractivity contribution in [3.63, 3.8) is 0 Å². The van der Waals surface area contributed by atoms with E-state index in [1.54, 1.807) is 11.0 Å². The van der Waals surface area contributed by atoms with Gasteiger partial charge in [0.1, 0.15) is 30.2 Å². The number of anilines is 2. The molecule has 6 N–H and O–H groups in total. The fourth-order valence-electron chi connectivity index (χ4n) is 5.18. The van der Waals surface area contributed by atoms with Crippen LogP contribution < -0.4 is 26.3 Å². The maximum atomic E-state index is 13.3. The molecule has 44 heavy (non-hydrogen) atoms. The maximum Gasteiger partial charge on any atom is 0.352 e. The largest absolute Gasteiger partial charge is 0.477 e. The number of nitrogens with zero attached hydrogens (tertiary/aromatic N) is 5. The summed E-state index contributed by atoms with van der Waals surface area (Å²) >= 11 is 1.04. The second-order valence-corrected chi connectivity index (χ2v) is 11.9. The smallest absolute Gasteiger partial charge is 0.352 e. The van der Waals surface area contributed by atoms with Crippen molar-refractivity contribution in [2.45, 2.75) is 50.8 Å². The summed E-state index contributed by atoms with van der Waals surface area (Å²) in [7, 11) is 1.85. The minimum atomic E-state index is -1.55. The molecule has 0 bridgehead atoms. The molecule has 3 aliphatic heterocycles. The first-order chi connectivity index (χ1) is 20.8. The number of hydrogen-bond acceptors (Lipinski definition) is 10. The molecule has 230 valence electrons. The predicted octanol–water partition coefficient (Wildman–Crippen LogP) is -0.274. The van der Waals surface area contributed by atoms with Crippen molar-refractivity contribution in [1.82, 2.24) is 15.2 Å². The molecule has 4 amide bonds. The van der Waals surface area contributed by atoms with Gasteiger partial charge in [0, 0.05) is 23.6 Å². The highest BCUT2D eigenvalue weighted by atomic mass is 32.1. The number of aromatic nitrogens is 2. The van der Waals surface area contributed by atoms with Gasteiger partial charge >= 0.3 is 5.97 Å². The molecule has 0 unspecified atom stereocenters. The number of carbonyl (C=O) groups is 5. The van der Waals surface area contributed by atoms with Crippen molar-refractivity contribution in [1.29, 1.82) is 0 Å². The Balaban J connectivity index is 1.36. The number of nitrogen functional groups attached to an aromatic ring is 1. The molecule has 5 rings (SSSR count). The first kappa shape index (κ1) is 30.3. The average Bonchev–Trinajstić information content (AvgIpc) is 3.56. The second-order valence-electron chi connectivity index (χ2n) is 11.0. The first-order valence-electron chi connectivity index (χ1n) is 13.6. The quantitative estimate of drug-likeness (QED) is 0.0949. The van der Waals surface area contributed by atoms with Crippen LogP contribution in [0.2, 0.25) is 0 Å². The summed E-state index contributed by atoms with van der Waals surface area (Å²) in [5.41, 5.74) is 10.5. The summed E-state index contributed by atoms with van der Waals surface area (Å²) in [4.78, 5) is 75.9. The minimum Gasteiger partial charge on any atom is -0.477 e. The number of β-lactam (4-membered cyclic amide) rings is 1. The molecule has 2 aromatic rings. The summed E-state index contributed by atoms with van der Waals surface area (Å²) in [6.07, 6.45) is 6.26. The van der Waals surface area contributed by atoms with Crippen LogP contribution in [0, 0.1) is 0 Å². The molecular formula is C28H31N8O7S+. The van der Waals surface area contributed by atoms with Crippen molar-refractivity contribution in [3.05, 3.63) is 58.5 Å². The fraction of sp³-hybridized carbons (Fsp3) is 0.357. The summed E-state index contributed by atoms with van der Waals surface area (Å²) in [6, 6.07) is 1.95. The topological polar surface area (TPSA) is 214 Å². The number of carbonyl (C=O) groups excluding carboxylic acids is 4. The van der Waals surface area contributed by atoms with Crippen LogP contribution >= 0.6 is 11.3 Å². The number of hydrogen-bond donors (Lipinski definition) is 4. The molecule has 5 heterocycles. The highest BCUT2D eigenvalue weighted by Gasteiger charge is 2.53. The Labute approximate surface area is 255 Å². The number of aryl methyl sites for hydroxylation is 1. The molecule has 0 spiro atoms. The zero-order chi connectivity index (χ0) is 31.9. The standard InChI is InChI=1S/C28H30N8O7S/c1-28(2,26(29)42)43-33-19(17-13-44-27(30)31-17)22(37)32-20-18-7-6-14(21(25(40)41)36(18)24(20)39)11-15-8-10-35(23(15)38)16-5-4-9-34(3)12-16/h4-5,9,11-13,18,20H,6-8,10H2,1-3H3,(H5-,29,30,31,32,37,40,41,42)/p+1/b15-11?,33-19-/t18-,20+/m1/s1. The van der Waals surface area contributed by atoms with Crippen molar-refractivity contribution in [2.24, 2.45) is 17.9 Å². The van der Waals surface area contributed by atoms with E-state index in [1.165, 1.54) is 19.2 Å². The van der Waals surface area contributed by atoms with Crippen molar-refractivity contribution in [2.75, 3.05) is 17.2 Å². The molecule has 2 aromatic heterocycles. The number of carboxylic acids is 1. The highest BCUT2D eigenvalue weighted by Crippen LogP contribution is 2.38. The number of oxime groups is 1. The molecule has 0 aromatic carbocycles. The van der Waals surface area contributed by atoms with E-state index in [9.17, 15) is 29.1 Å². The van der Waals surface area contributed by atoms with Gasteiger partial charge in [0.25, 0.3) is 23.6 Å². The molecule has 2 atom stereocenters. The van der Waals surface area contributed by atoms with Gasteiger partial charge in [0.05, 0.1) is 6.04 Å². The molecule has 0 radical (unpaired) electrons. The molecule has 16 heteroatoms. The normalized spacial score (nSPS) is 21.3. The molecular weight excluding hydrogens is 592 g/mol. The minimum absolute atomic E-state index is 0.0529. The molecule has 2 saturated heterocycles. The van der Waals surface area contributed by atoms with Crippen LogP contribution in [0.5, 0.6) is 0 Å². The lowest BCUT2D eigenvalue weighted by molar-refractivity contribution is -0.670. The highest BCUT2D eigenvalue weighted by molar-refractivity contribution is 7.13. The number of primary amides is 1. The Bertz CT molecular complexity index is 1680. The summed E-state index contributed by atoms with van der Waals surface area (Å²) in [5.74, 6) is -3.85. The van der Waals surface area contributed by atoms with E-state index in [0.29, 0.717) is 30.5 Å². The SMILES string of the molecule is C[n+]1cccc(N2CCC(=CC3=C(C(=O)O)N4C(=O)[C@@H](NC(=O)/C(=N\OC(C)(C)C(N)=O)c5csc(N)n5)[C@H]4CC3)C2=O)c1. The monoisotopic (exact) mass is 623 g/mol. The molecule has 2 fully saturated rings. The number of allylic oxidation sites excluding steroid dienone is 2. The number of thiazole rings is 1. The number of carboxylic acid groups (broad SMARTS) is 1. The van der Waals surface area contributed by atoms with E-state index in [4.69, 9.17) is 16.3 Å². The van der Waals surface area contributed by atoms with E-state index in [-0.39, 0.29) is 34.6 Å². The van der Waals surface area contributed by atoms with Gasteiger partial charge in [-0.25, -0.2) is 14.3 Å². The number of fused-ring (bicyclic) bond motifs is 1. The third-order valence-corrected chi connectivity index (χ3v) is 8.28. The van der Waals surface area contributed by atoms with E-state index >= 15 is 0 Å². The van der Waals surface area contributed by atoms with Crippen LogP contribution in [0.4, 0.5) is 10.8 Å². The Morgan fingerprint density at radius 1 is 1.30 bits per heavy atom. The lowest BCUT2D eigenvalue weighted by Gasteiger charge is -2.50. The van der Waals surface area contributed by atoms with Crippen LogP contribution in [0.1, 0.15) is 38.8 Å². The zero-order valence-electron chi connectivity index (χ0n) is 24.1. The van der Waals surface area contributed by atoms with Gasteiger partial charge in [-0.1, -0.05) is 5.16 Å². The van der Waals surface area contributed by atoms with Crippen molar-refractivity contribution < 1.29 is 38.5 Å². The number of nitrogens with one attached hydrogen (secondary N) is 1. The Morgan fingerprint density at radius 2 is 2.05 bits per heavy atom. The van der Waals surface area contributed by atoms with Gasteiger partial charge in [0.2, 0.25) is 5.60 Å². The Morgan fingerprint density at radius 3 is 2.68 bits per heavy atom. The van der Waals surface area contributed by atoms with Crippen LogP contribution in [0.3, 0.4) is 0 Å². The van der Waals surface area contributed by atoms with Gasteiger partial charge < -0.3 is 31.6 Å². The Kier molecular flexibility index (Phi) is 7.94. The van der Waals surface area contributed by atoms with Gasteiger partial charge in [-0.15, -0.1) is 11.3 Å². The van der Waals surface area contributed by atoms with Gasteiger partial charge in [-0.2, -0.15) is 0 Å². The van der Waals surface area contributed by atoms with Gasteiger partial charge in [-0.3, -0.25) is 24.1 Å². The number of aliphatic carboxylic acids is 1. The van der Waals surface area contributed by atoms with Gasteiger partial charge in [0.15, 0.2) is 23.2 Å². The predicted molar refractivity (Wildman–Crippen MR) is 157 cm³/mol. The van der Waals surface area contributed by atoms with Crippen LogP contribution in [0.25, 0.3) is 0 Å². The van der Waals surface area contributed by atoms with E-state index < -0.39 is 41.4 Å². The first-order valence-corrected chi connectivity index (χ1v) is 14.5. The van der Waals surface area contributed by atoms with Crippen molar-refractivity contribution >= 4 is 57.5 Å². The lowest BCUT2D eigenvalue weighted by Crippen LogP contribution is -2.72. The van der Waals surface area contributed by atoms with Crippen molar-refractivity contribution in [3.8, 4) is 0 Å². The molecule has 0 aliphatic carbocycles. The van der Waals surface area contributed by atoms with E-state index in [0.717, 1.165) is 21.9 Å². The average molecular weight is 624 g/mol. The molecule has 0 saturated carbocycles. The summed E-state index contributed by atoms with van der Waals surface area (Å²) in [6.45, 7) is 3.17. The third-order valence-electron chi connectivity index (χ3n) is 7.61. The van der Waals surface area contributed by atoms with E-state index in [1.807, 2.05) is 36.1 Å². The summed E-state index contributed by atoms with van der Waals surface area (Å²) in [5, 5.41) is 18.1. The number of rotatable bonds is 9. The number of nitrogens with two attached hydrogens (primary N) is 2. The fourth-order valence-corrected chi connectivity index (χ4v) is 5.73. The van der Waals surface area contributed by atoms with Crippen LogP contribution in [0.15, 0.2) is 58.0 Å². The zero-order valence-corrected chi connectivity index (χ0v) is 25.0. The number of pyridine rings is 1. The lowest BCUT2D eigenvalue weighted by atomic mass is 9.82. The van der Waals surface area contributed by atoms with E-state index in [2.05, 4.69) is 15.5 Å². The molecule has 15 nitrogen and oxygen atoms in total. The van der Waals surface area contributed by atoms with Gasteiger partial charge in [-0.05, 0) is 50.8 Å². The second kappa shape index (κ2) is 11.5. The Hall–Kier alpha value is -5.12. The third kappa shape index (κ3) is 5.62. The molecule has 3 aliphatic rings. The van der Waals surface area contributed by atoms with Crippen LogP contribution in [-0.4, -0.2) is 74.5 Å². The maximum absolute atomic E-state index is 13.3. The van der Waals surface area contributed by atoms with Crippen LogP contribution in [-0.2, 0) is 35.9 Å². The summed E-state index contributed by atoms with van der Waals surface area (Å²) < 4.78 is 1.83.